The quantitative estimate of drug-likeness (QED) is 0.668. The van der Waals surface area contributed by atoms with E-state index in [0.717, 1.165) is 35.9 Å². The van der Waals surface area contributed by atoms with E-state index in [9.17, 15) is 4.79 Å². The maximum Gasteiger partial charge on any atom is 0.238 e. The van der Waals surface area contributed by atoms with Crippen molar-refractivity contribution in [2.75, 3.05) is 43.5 Å². The second-order valence-corrected chi connectivity index (χ2v) is 6.62. The molecule has 3 heterocycles. The number of carbonyl (C=O) groups excluding carboxylic acids is 1. The first-order valence-electron chi connectivity index (χ1n) is 9.48. The molecular weight excluding hydrogens is 368 g/mol. The van der Waals surface area contributed by atoms with Gasteiger partial charge in [-0.25, -0.2) is 9.97 Å². The molecule has 1 aliphatic heterocycles. The lowest BCUT2D eigenvalue weighted by atomic mass is 10.2. The Hall–Kier alpha value is -3.36. The van der Waals surface area contributed by atoms with Crippen molar-refractivity contribution in [1.29, 1.82) is 0 Å². The van der Waals surface area contributed by atoms with E-state index in [0.29, 0.717) is 25.7 Å². The normalized spacial score (nSPS) is 14.3. The van der Waals surface area contributed by atoms with E-state index in [1.165, 1.54) is 0 Å². The minimum absolute atomic E-state index is 0.0287. The topological polar surface area (TPSA) is 92.3 Å². The minimum atomic E-state index is -0.0287. The molecule has 0 spiro atoms. The zero-order valence-corrected chi connectivity index (χ0v) is 15.9. The summed E-state index contributed by atoms with van der Waals surface area (Å²) in [5, 5.41) is 6.10. The molecule has 2 aromatic heterocycles. The number of ether oxygens (including phenoxy) is 1. The van der Waals surface area contributed by atoms with Gasteiger partial charge in [0.1, 0.15) is 0 Å². The third-order valence-electron chi connectivity index (χ3n) is 4.48. The molecule has 0 aliphatic carbocycles. The summed E-state index contributed by atoms with van der Waals surface area (Å²) in [5.41, 5.74) is 3.11. The van der Waals surface area contributed by atoms with Crippen LogP contribution in [0.25, 0.3) is 11.4 Å². The summed E-state index contributed by atoms with van der Waals surface area (Å²) in [4.78, 5) is 27.4. The molecule has 1 fully saturated rings. The number of hydrogen-bond acceptors (Lipinski definition) is 7. The largest absolute Gasteiger partial charge is 0.379 e. The second kappa shape index (κ2) is 9.22. The predicted octanol–water partition coefficient (Wildman–Crippen LogP) is 2.55. The van der Waals surface area contributed by atoms with Gasteiger partial charge in [-0.2, -0.15) is 0 Å². The third-order valence-corrected chi connectivity index (χ3v) is 4.48. The van der Waals surface area contributed by atoms with Gasteiger partial charge in [-0.05, 0) is 42.5 Å². The van der Waals surface area contributed by atoms with Gasteiger partial charge in [-0.3, -0.25) is 14.7 Å². The van der Waals surface area contributed by atoms with Crippen molar-refractivity contribution in [1.82, 2.24) is 19.9 Å². The van der Waals surface area contributed by atoms with Crippen molar-refractivity contribution in [2.45, 2.75) is 0 Å². The molecule has 0 atom stereocenters. The Balaban J connectivity index is 1.35. The lowest BCUT2D eigenvalue weighted by Gasteiger charge is -2.25. The van der Waals surface area contributed by atoms with Crippen molar-refractivity contribution in [2.24, 2.45) is 0 Å². The number of pyridine rings is 1. The molecule has 29 heavy (non-hydrogen) atoms. The van der Waals surface area contributed by atoms with Crippen molar-refractivity contribution >= 4 is 23.2 Å². The second-order valence-electron chi connectivity index (χ2n) is 6.62. The molecule has 2 N–H and O–H groups in total. The van der Waals surface area contributed by atoms with Gasteiger partial charge < -0.3 is 15.4 Å². The first kappa shape index (κ1) is 19.0. The van der Waals surface area contributed by atoms with Crippen molar-refractivity contribution in [3.8, 4) is 11.4 Å². The van der Waals surface area contributed by atoms with Gasteiger partial charge in [-0.15, -0.1) is 0 Å². The van der Waals surface area contributed by atoms with Crippen LogP contribution in [0.5, 0.6) is 0 Å². The van der Waals surface area contributed by atoms with Gasteiger partial charge in [0.05, 0.1) is 31.1 Å². The monoisotopic (exact) mass is 390 g/mol. The number of anilines is 3. The van der Waals surface area contributed by atoms with Gasteiger partial charge in [0, 0.05) is 36.9 Å². The van der Waals surface area contributed by atoms with Crippen molar-refractivity contribution < 1.29 is 9.53 Å². The van der Waals surface area contributed by atoms with Crippen molar-refractivity contribution in [3.05, 3.63) is 60.9 Å². The minimum Gasteiger partial charge on any atom is -0.379 e. The Morgan fingerprint density at radius 2 is 1.72 bits per heavy atom. The zero-order chi connectivity index (χ0) is 19.9. The fraction of sp³-hybridized carbons (Fsp3) is 0.238. The Bertz CT molecular complexity index is 943. The van der Waals surface area contributed by atoms with E-state index in [-0.39, 0.29) is 5.91 Å². The van der Waals surface area contributed by atoms with Gasteiger partial charge in [-0.1, -0.05) is 6.07 Å². The van der Waals surface area contributed by atoms with Crippen LogP contribution in [0, 0.1) is 0 Å². The summed E-state index contributed by atoms with van der Waals surface area (Å²) >= 11 is 0. The molecule has 1 amide bonds. The summed E-state index contributed by atoms with van der Waals surface area (Å²) in [6.45, 7) is 3.30. The van der Waals surface area contributed by atoms with Crippen LogP contribution in [0.3, 0.4) is 0 Å². The van der Waals surface area contributed by atoms with Crippen LogP contribution in [0.1, 0.15) is 0 Å². The van der Waals surface area contributed by atoms with Crippen LogP contribution in [0.4, 0.5) is 17.3 Å². The summed E-state index contributed by atoms with van der Waals surface area (Å²) in [6, 6.07) is 15.0. The third kappa shape index (κ3) is 5.34. The summed E-state index contributed by atoms with van der Waals surface area (Å²) in [7, 11) is 0. The van der Waals surface area contributed by atoms with Crippen LogP contribution in [0.2, 0.25) is 0 Å². The summed E-state index contributed by atoms with van der Waals surface area (Å²) in [6.07, 6.45) is 3.43. The number of hydrogen-bond donors (Lipinski definition) is 2. The van der Waals surface area contributed by atoms with E-state index >= 15 is 0 Å². The molecule has 0 radical (unpaired) electrons. The van der Waals surface area contributed by atoms with E-state index in [1.54, 1.807) is 12.4 Å². The fourth-order valence-corrected chi connectivity index (χ4v) is 3.00. The first-order chi connectivity index (χ1) is 14.3. The Labute approximate surface area is 169 Å². The number of benzene rings is 1. The van der Waals surface area contributed by atoms with Crippen LogP contribution in [-0.2, 0) is 9.53 Å². The fourth-order valence-electron chi connectivity index (χ4n) is 3.00. The highest BCUT2D eigenvalue weighted by Gasteiger charge is 2.14. The first-order valence-corrected chi connectivity index (χ1v) is 9.48. The van der Waals surface area contributed by atoms with Gasteiger partial charge in [0.15, 0.2) is 0 Å². The molecule has 0 unspecified atom stereocenters. The lowest BCUT2D eigenvalue weighted by molar-refractivity contribution is -0.118. The number of nitrogens with one attached hydrogen (secondary N) is 2. The molecular formula is C21H22N6O2. The lowest BCUT2D eigenvalue weighted by Crippen LogP contribution is -2.41. The molecule has 8 nitrogen and oxygen atoms in total. The highest BCUT2D eigenvalue weighted by molar-refractivity contribution is 5.92. The Morgan fingerprint density at radius 1 is 0.931 bits per heavy atom. The van der Waals surface area contributed by atoms with E-state index in [4.69, 9.17) is 4.74 Å². The standard InChI is InChI=1S/C21H22N6O2/c28-20(15-27-11-13-29-14-12-27)24-16-4-6-17(7-5-16)25-21-23-10-8-19(26-21)18-3-1-2-9-22-18/h1-10H,11-15H2,(H,24,28)(H,23,25,26). The average molecular weight is 390 g/mol. The average Bonchev–Trinajstić information content (AvgIpc) is 2.77. The van der Waals surface area contributed by atoms with Crippen LogP contribution in [0.15, 0.2) is 60.9 Å². The summed E-state index contributed by atoms with van der Waals surface area (Å²) in [5.74, 6) is 0.455. The number of rotatable bonds is 6. The molecule has 1 aliphatic rings. The number of morpholine rings is 1. The SMILES string of the molecule is O=C(CN1CCOCC1)Nc1ccc(Nc2nccc(-c3ccccn3)n2)cc1. The number of nitrogens with zero attached hydrogens (tertiary/aromatic N) is 4. The molecule has 3 aromatic rings. The molecule has 148 valence electrons. The van der Waals surface area contributed by atoms with E-state index < -0.39 is 0 Å². The van der Waals surface area contributed by atoms with E-state index in [2.05, 4.69) is 30.5 Å². The van der Waals surface area contributed by atoms with Crippen LogP contribution >= 0.6 is 0 Å². The molecule has 1 aromatic carbocycles. The van der Waals surface area contributed by atoms with E-state index in [1.807, 2.05) is 48.5 Å². The predicted molar refractivity (Wildman–Crippen MR) is 111 cm³/mol. The molecule has 0 saturated carbocycles. The molecule has 8 heteroatoms. The zero-order valence-electron chi connectivity index (χ0n) is 15.9. The number of aromatic nitrogens is 3. The highest BCUT2D eigenvalue weighted by Crippen LogP contribution is 2.19. The van der Waals surface area contributed by atoms with Gasteiger partial charge >= 0.3 is 0 Å². The number of amides is 1. The van der Waals surface area contributed by atoms with Gasteiger partial charge in [0.2, 0.25) is 11.9 Å². The highest BCUT2D eigenvalue weighted by atomic mass is 16.5. The molecule has 0 bridgehead atoms. The van der Waals surface area contributed by atoms with Crippen LogP contribution < -0.4 is 10.6 Å². The van der Waals surface area contributed by atoms with Crippen molar-refractivity contribution in [3.63, 3.8) is 0 Å². The maximum atomic E-state index is 12.2. The molecule has 1 saturated heterocycles. The van der Waals surface area contributed by atoms with Gasteiger partial charge in [0.25, 0.3) is 0 Å². The van der Waals surface area contributed by atoms with Crippen LogP contribution in [-0.4, -0.2) is 58.6 Å². The summed E-state index contributed by atoms with van der Waals surface area (Å²) < 4.78 is 5.30. The molecule has 4 rings (SSSR count). The Morgan fingerprint density at radius 3 is 2.48 bits per heavy atom. The number of carbonyl (C=O) groups is 1. The smallest absolute Gasteiger partial charge is 0.238 e. The Kier molecular flexibility index (Phi) is 6.04. The maximum absolute atomic E-state index is 12.2.